The lowest BCUT2D eigenvalue weighted by atomic mass is 10.0. The summed E-state index contributed by atoms with van der Waals surface area (Å²) in [6, 6.07) is 5.61. The van der Waals surface area contributed by atoms with Crippen molar-refractivity contribution in [1.82, 2.24) is 5.48 Å². The van der Waals surface area contributed by atoms with Crippen LogP contribution in [0.4, 0.5) is 5.69 Å². The first-order chi connectivity index (χ1) is 8.72. The highest BCUT2D eigenvalue weighted by molar-refractivity contribution is 5.71. The van der Waals surface area contributed by atoms with Gasteiger partial charge in [-0.2, -0.15) is 4.99 Å². The molecule has 0 unspecified atom stereocenters. The van der Waals surface area contributed by atoms with Crippen molar-refractivity contribution in [2.75, 3.05) is 0 Å². The summed E-state index contributed by atoms with van der Waals surface area (Å²) in [5.74, 6) is 0.252. The second-order valence-corrected chi connectivity index (χ2v) is 4.27. The van der Waals surface area contributed by atoms with Crippen molar-refractivity contribution in [3.63, 3.8) is 0 Å². The van der Waals surface area contributed by atoms with E-state index in [-0.39, 0.29) is 12.5 Å². The largest absolute Gasteiger partial charge is 0.273 e. The number of hydrogen-bond acceptors (Lipinski definition) is 4. The van der Waals surface area contributed by atoms with E-state index in [9.17, 15) is 9.59 Å². The highest BCUT2D eigenvalue weighted by atomic mass is 16.6. The van der Waals surface area contributed by atoms with E-state index in [2.05, 4.69) is 10.5 Å². The SMILES string of the molecule is CC(=O)NOCc1c(N=C=O)cccc1C1CC1. The first-order valence-electron chi connectivity index (χ1n) is 5.80. The summed E-state index contributed by atoms with van der Waals surface area (Å²) in [4.78, 5) is 29.9. The van der Waals surface area contributed by atoms with Crippen LogP contribution in [0.1, 0.15) is 36.8 Å². The number of nitrogens with one attached hydrogen (secondary N) is 1. The summed E-state index contributed by atoms with van der Waals surface area (Å²) in [6.45, 7) is 1.57. The fraction of sp³-hybridized carbons (Fsp3) is 0.385. The maximum Gasteiger partial charge on any atom is 0.240 e. The van der Waals surface area contributed by atoms with Gasteiger partial charge in [0.2, 0.25) is 12.0 Å². The predicted octanol–water partition coefficient (Wildman–Crippen LogP) is 2.10. The number of carbonyl (C=O) groups excluding carboxylic acids is 2. The summed E-state index contributed by atoms with van der Waals surface area (Å²) in [7, 11) is 0. The quantitative estimate of drug-likeness (QED) is 0.491. The third-order valence-electron chi connectivity index (χ3n) is 2.80. The van der Waals surface area contributed by atoms with Gasteiger partial charge in [-0.3, -0.25) is 9.63 Å². The Kier molecular flexibility index (Phi) is 3.87. The van der Waals surface area contributed by atoms with E-state index in [1.807, 2.05) is 12.1 Å². The van der Waals surface area contributed by atoms with Crippen molar-refractivity contribution in [3.8, 4) is 0 Å². The van der Waals surface area contributed by atoms with Crippen LogP contribution in [0.5, 0.6) is 0 Å². The lowest BCUT2D eigenvalue weighted by Gasteiger charge is -2.11. The molecule has 1 aromatic carbocycles. The number of hydrogen-bond donors (Lipinski definition) is 1. The Bertz CT molecular complexity index is 503. The molecule has 5 nitrogen and oxygen atoms in total. The maximum absolute atomic E-state index is 10.8. The van der Waals surface area contributed by atoms with Crippen LogP contribution in [-0.2, 0) is 21.0 Å². The van der Waals surface area contributed by atoms with Gasteiger partial charge in [-0.25, -0.2) is 10.3 Å². The average molecular weight is 246 g/mol. The van der Waals surface area contributed by atoms with E-state index in [4.69, 9.17) is 4.84 Å². The maximum atomic E-state index is 10.8. The molecule has 1 saturated carbocycles. The van der Waals surface area contributed by atoms with Gasteiger partial charge < -0.3 is 0 Å². The number of carbonyl (C=O) groups is 1. The van der Waals surface area contributed by atoms with Crippen LogP contribution < -0.4 is 5.48 Å². The van der Waals surface area contributed by atoms with Crippen LogP contribution in [0.25, 0.3) is 0 Å². The topological polar surface area (TPSA) is 67.8 Å². The first kappa shape index (κ1) is 12.5. The fourth-order valence-corrected chi connectivity index (χ4v) is 1.89. The summed E-state index contributed by atoms with van der Waals surface area (Å²) in [5.41, 5.74) is 4.81. The van der Waals surface area contributed by atoms with Crippen molar-refractivity contribution in [2.24, 2.45) is 4.99 Å². The van der Waals surface area contributed by atoms with E-state index in [1.165, 1.54) is 6.92 Å². The second kappa shape index (κ2) is 5.58. The number of aliphatic imine (C=N–C) groups is 1. The highest BCUT2D eigenvalue weighted by Gasteiger charge is 2.27. The third kappa shape index (κ3) is 3.03. The zero-order valence-electron chi connectivity index (χ0n) is 10.1. The Morgan fingerprint density at radius 2 is 2.33 bits per heavy atom. The Labute approximate surface area is 105 Å². The summed E-state index contributed by atoms with van der Waals surface area (Å²) in [5, 5.41) is 0. The van der Waals surface area contributed by atoms with Crippen molar-refractivity contribution in [2.45, 2.75) is 32.3 Å². The van der Waals surface area contributed by atoms with Gasteiger partial charge in [0, 0.05) is 12.5 Å². The number of benzene rings is 1. The molecule has 94 valence electrons. The molecule has 1 aromatic rings. The highest BCUT2D eigenvalue weighted by Crippen LogP contribution is 2.43. The second-order valence-electron chi connectivity index (χ2n) is 4.27. The molecule has 0 spiro atoms. The van der Waals surface area contributed by atoms with Crippen molar-refractivity contribution < 1.29 is 14.4 Å². The minimum atomic E-state index is -0.264. The molecule has 5 heteroatoms. The lowest BCUT2D eigenvalue weighted by molar-refractivity contribution is -0.132. The van der Waals surface area contributed by atoms with Crippen LogP contribution in [0.2, 0.25) is 0 Å². The van der Waals surface area contributed by atoms with Crippen LogP contribution in [-0.4, -0.2) is 12.0 Å². The number of rotatable bonds is 5. The van der Waals surface area contributed by atoms with Gasteiger partial charge in [-0.1, -0.05) is 12.1 Å². The molecule has 1 aliphatic rings. The van der Waals surface area contributed by atoms with Crippen molar-refractivity contribution >= 4 is 17.7 Å². The molecule has 2 rings (SSSR count). The lowest BCUT2D eigenvalue weighted by Crippen LogP contribution is -2.20. The van der Waals surface area contributed by atoms with E-state index in [0.29, 0.717) is 11.6 Å². The minimum absolute atomic E-state index is 0.201. The Morgan fingerprint density at radius 3 is 2.94 bits per heavy atom. The number of nitrogens with zero attached hydrogens (tertiary/aromatic N) is 1. The van der Waals surface area contributed by atoms with Gasteiger partial charge in [-0.15, -0.1) is 0 Å². The molecule has 1 N–H and O–H groups in total. The average Bonchev–Trinajstić information content (AvgIpc) is 3.14. The van der Waals surface area contributed by atoms with Gasteiger partial charge in [0.1, 0.15) is 6.61 Å². The smallest absolute Gasteiger partial charge is 0.240 e. The molecule has 18 heavy (non-hydrogen) atoms. The molecule has 0 aromatic heterocycles. The predicted molar refractivity (Wildman–Crippen MR) is 64.8 cm³/mol. The number of hydroxylamine groups is 1. The molecule has 0 saturated heterocycles. The van der Waals surface area contributed by atoms with Crippen LogP contribution in [0.15, 0.2) is 23.2 Å². The molecule has 0 bridgehead atoms. The van der Waals surface area contributed by atoms with E-state index in [0.717, 1.165) is 24.0 Å². The van der Waals surface area contributed by atoms with E-state index >= 15 is 0 Å². The summed E-state index contributed by atoms with van der Waals surface area (Å²) >= 11 is 0. The zero-order valence-corrected chi connectivity index (χ0v) is 10.1. The summed E-state index contributed by atoms with van der Waals surface area (Å²) in [6.07, 6.45) is 3.82. The molecule has 1 amide bonds. The van der Waals surface area contributed by atoms with E-state index < -0.39 is 0 Å². The van der Waals surface area contributed by atoms with Gasteiger partial charge in [-0.05, 0) is 30.4 Å². The third-order valence-corrected chi connectivity index (χ3v) is 2.80. The molecule has 0 atom stereocenters. The van der Waals surface area contributed by atoms with Crippen LogP contribution >= 0.6 is 0 Å². The Hall–Kier alpha value is -1.97. The van der Waals surface area contributed by atoms with Gasteiger partial charge in [0.05, 0.1) is 5.69 Å². The molecular weight excluding hydrogens is 232 g/mol. The van der Waals surface area contributed by atoms with Crippen molar-refractivity contribution in [1.29, 1.82) is 0 Å². The Morgan fingerprint density at radius 1 is 1.56 bits per heavy atom. The first-order valence-corrected chi connectivity index (χ1v) is 5.80. The molecule has 1 aliphatic carbocycles. The fourth-order valence-electron chi connectivity index (χ4n) is 1.89. The summed E-state index contributed by atoms with van der Waals surface area (Å²) < 4.78 is 0. The molecule has 1 fully saturated rings. The Balaban J connectivity index is 2.22. The molecule has 0 heterocycles. The van der Waals surface area contributed by atoms with E-state index in [1.54, 1.807) is 12.1 Å². The van der Waals surface area contributed by atoms with Crippen LogP contribution in [0.3, 0.4) is 0 Å². The zero-order chi connectivity index (χ0) is 13.0. The van der Waals surface area contributed by atoms with Gasteiger partial charge in [0.25, 0.3) is 0 Å². The van der Waals surface area contributed by atoms with Gasteiger partial charge in [0.15, 0.2) is 0 Å². The number of amides is 1. The standard InChI is InChI=1S/C13H14N2O3/c1-9(17)15-18-7-12-11(10-5-6-10)3-2-4-13(12)14-8-16/h2-4,10H,5-7H2,1H3,(H,15,17). The molecule has 0 radical (unpaired) electrons. The number of isocyanates is 1. The van der Waals surface area contributed by atoms with Crippen LogP contribution in [0, 0.1) is 0 Å². The monoisotopic (exact) mass is 246 g/mol. The molecular formula is C13H14N2O3. The normalized spacial score (nSPS) is 13.8. The molecule has 0 aliphatic heterocycles. The van der Waals surface area contributed by atoms with Crippen molar-refractivity contribution in [3.05, 3.63) is 29.3 Å². The minimum Gasteiger partial charge on any atom is -0.273 e. The van der Waals surface area contributed by atoms with Gasteiger partial charge >= 0.3 is 0 Å².